The van der Waals surface area contributed by atoms with Crippen LogP contribution in [-0.2, 0) is 11.2 Å². The van der Waals surface area contributed by atoms with Gasteiger partial charge in [-0.25, -0.2) is 4.39 Å². The number of carbonyl (C=O) groups is 1. The SMILES string of the molecule is CC(N)C(C)C(=O)NC(Cc1ccccc1)c1ccccc1F.Cl. The Morgan fingerprint density at radius 2 is 1.67 bits per heavy atom. The van der Waals surface area contributed by atoms with Crippen LogP contribution in [0.2, 0.25) is 0 Å². The average molecular weight is 351 g/mol. The highest BCUT2D eigenvalue weighted by molar-refractivity contribution is 5.85. The summed E-state index contributed by atoms with van der Waals surface area (Å²) in [6.45, 7) is 3.57. The molecule has 0 aromatic heterocycles. The monoisotopic (exact) mass is 350 g/mol. The zero-order valence-electron chi connectivity index (χ0n) is 13.9. The normalized spacial score (nSPS) is 14.2. The maximum atomic E-state index is 14.2. The molecule has 2 aromatic carbocycles. The van der Waals surface area contributed by atoms with Crippen LogP contribution in [0.25, 0.3) is 0 Å². The molecule has 0 saturated carbocycles. The molecule has 5 heteroatoms. The second-order valence-electron chi connectivity index (χ2n) is 5.92. The summed E-state index contributed by atoms with van der Waals surface area (Å²) in [5.41, 5.74) is 7.32. The molecule has 1 amide bonds. The first-order valence-corrected chi connectivity index (χ1v) is 7.83. The molecule has 0 radical (unpaired) electrons. The van der Waals surface area contributed by atoms with Crippen LogP contribution in [-0.4, -0.2) is 11.9 Å². The lowest BCUT2D eigenvalue weighted by Crippen LogP contribution is -2.41. The Morgan fingerprint density at radius 3 is 2.25 bits per heavy atom. The van der Waals surface area contributed by atoms with E-state index in [1.54, 1.807) is 32.0 Å². The summed E-state index contributed by atoms with van der Waals surface area (Å²) in [5.74, 6) is -0.814. The number of halogens is 2. The van der Waals surface area contributed by atoms with Crippen LogP contribution >= 0.6 is 12.4 Å². The maximum Gasteiger partial charge on any atom is 0.224 e. The Kier molecular flexibility index (Phi) is 7.89. The predicted molar refractivity (Wildman–Crippen MR) is 97.5 cm³/mol. The number of hydrogen-bond acceptors (Lipinski definition) is 2. The van der Waals surface area contributed by atoms with Gasteiger partial charge < -0.3 is 11.1 Å². The molecule has 0 aliphatic heterocycles. The van der Waals surface area contributed by atoms with Gasteiger partial charge in [0.05, 0.1) is 6.04 Å². The summed E-state index contributed by atoms with van der Waals surface area (Å²) < 4.78 is 14.2. The third kappa shape index (κ3) is 5.32. The van der Waals surface area contributed by atoms with E-state index in [1.807, 2.05) is 30.3 Å². The molecule has 0 heterocycles. The fraction of sp³-hybridized carbons (Fsp3) is 0.316. The van der Waals surface area contributed by atoms with Gasteiger partial charge in [-0.2, -0.15) is 0 Å². The van der Waals surface area contributed by atoms with Gasteiger partial charge in [0.2, 0.25) is 5.91 Å². The highest BCUT2D eigenvalue weighted by atomic mass is 35.5. The molecule has 3 N–H and O–H groups in total. The third-order valence-corrected chi connectivity index (χ3v) is 4.08. The minimum absolute atomic E-state index is 0. The van der Waals surface area contributed by atoms with E-state index >= 15 is 0 Å². The van der Waals surface area contributed by atoms with Crippen molar-refractivity contribution in [2.45, 2.75) is 32.4 Å². The minimum Gasteiger partial charge on any atom is -0.349 e. The van der Waals surface area contributed by atoms with Gasteiger partial charge in [0.1, 0.15) is 5.82 Å². The molecule has 3 atom stereocenters. The molecule has 2 aromatic rings. The van der Waals surface area contributed by atoms with Crippen molar-refractivity contribution in [1.82, 2.24) is 5.32 Å². The number of hydrogen-bond donors (Lipinski definition) is 2. The molecule has 0 bridgehead atoms. The van der Waals surface area contributed by atoms with Crippen molar-refractivity contribution in [1.29, 1.82) is 0 Å². The molecule has 0 spiro atoms. The van der Waals surface area contributed by atoms with Crippen LogP contribution in [0.4, 0.5) is 4.39 Å². The van der Waals surface area contributed by atoms with Gasteiger partial charge in [-0.05, 0) is 25.0 Å². The molecule has 130 valence electrons. The van der Waals surface area contributed by atoms with Gasteiger partial charge in [-0.1, -0.05) is 55.5 Å². The number of nitrogens with two attached hydrogens (primary N) is 1. The summed E-state index contributed by atoms with van der Waals surface area (Å²) >= 11 is 0. The summed E-state index contributed by atoms with van der Waals surface area (Å²) in [6.07, 6.45) is 0.527. The predicted octanol–water partition coefficient (Wildman–Crippen LogP) is 3.63. The van der Waals surface area contributed by atoms with E-state index in [0.29, 0.717) is 12.0 Å². The molecular formula is C19H24ClFN2O. The third-order valence-electron chi connectivity index (χ3n) is 4.08. The van der Waals surface area contributed by atoms with E-state index in [-0.39, 0.29) is 36.1 Å². The lowest BCUT2D eigenvalue weighted by Gasteiger charge is -2.23. The van der Waals surface area contributed by atoms with Crippen LogP contribution in [0, 0.1) is 11.7 Å². The molecule has 0 aliphatic rings. The zero-order valence-corrected chi connectivity index (χ0v) is 14.7. The van der Waals surface area contributed by atoms with Gasteiger partial charge in [0, 0.05) is 17.5 Å². The minimum atomic E-state index is -0.424. The second-order valence-corrected chi connectivity index (χ2v) is 5.92. The van der Waals surface area contributed by atoms with Crippen molar-refractivity contribution in [2.24, 2.45) is 11.7 Å². The van der Waals surface area contributed by atoms with Gasteiger partial charge in [0.25, 0.3) is 0 Å². The van der Waals surface area contributed by atoms with Crippen LogP contribution < -0.4 is 11.1 Å². The van der Waals surface area contributed by atoms with E-state index in [0.717, 1.165) is 5.56 Å². The highest BCUT2D eigenvalue weighted by Crippen LogP contribution is 2.22. The van der Waals surface area contributed by atoms with Crippen molar-refractivity contribution in [3.05, 3.63) is 71.5 Å². The Labute approximate surface area is 148 Å². The van der Waals surface area contributed by atoms with E-state index in [4.69, 9.17) is 5.73 Å². The fourth-order valence-corrected chi connectivity index (χ4v) is 2.39. The van der Waals surface area contributed by atoms with Crippen molar-refractivity contribution < 1.29 is 9.18 Å². The quantitative estimate of drug-likeness (QED) is 0.835. The van der Waals surface area contributed by atoms with Crippen molar-refractivity contribution in [3.8, 4) is 0 Å². The first-order chi connectivity index (χ1) is 11.0. The summed E-state index contributed by atoms with van der Waals surface area (Å²) in [5, 5.41) is 2.94. The smallest absolute Gasteiger partial charge is 0.224 e. The molecule has 0 saturated heterocycles. The van der Waals surface area contributed by atoms with Crippen LogP contribution in [0.5, 0.6) is 0 Å². The highest BCUT2D eigenvalue weighted by Gasteiger charge is 2.23. The van der Waals surface area contributed by atoms with E-state index in [9.17, 15) is 9.18 Å². The van der Waals surface area contributed by atoms with Gasteiger partial charge in [-0.15, -0.1) is 12.4 Å². The first kappa shape index (κ1) is 20.1. The van der Waals surface area contributed by atoms with E-state index < -0.39 is 6.04 Å². The number of amides is 1. The van der Waals surface area contributed by atoms with Crippen LogP contribution in [0.1, 0.15) is 31.0 Å². The van der Waals surface area contributed by atoms with Crippen LogP contribution in [0.15, 0.2) is 54.6 Å². The molecule has 3 nitrogen and oxygen atoms in total. The summed E-state index contributed by atoms with van der Waals surface area (Å²) in [6, 6.07) is 15.6. The number of benzene rings is 2. The largest absolute Gasteiger partial charge is 0.349 e. The van der Waals surface area contributed by atoms with Gasteiger partial charge in [0.15, 0.2) is 0 Å². The molecule has 3 unspecified atom stereocenters. The molecular weight excluding hydrogens is 327 g/mol. The van der Waals surface area contributed by atoms with Gasteiger partial charge >= 0.3 is 0 Å². The Morgan fingerprint density at radius 1 is 1.08 bits per heavy atom. The molecule has 0 aliphatic carbocycles. The number of rotatable bonds is 6. The number of carbonyl (C=O) groups excluding carboxylic acids is 1. The maximum absolute atomic E-state index is 14.2. The van der Waals surface area contributed by atoms with Crippen molar-refractivity contribution in [3.63, 3.8) is 0 Å². The molecule has 2 rings (SSSR count). The van der Waals surface area contributed by atoms with E-state index in [1.165, 1.54) is 6.07 Å². The van der Waals surface area contributed by atoms with Crippen molar-refractivity contribution in [2.75, 3.05) is 0 Å². The second kappa shape index (κ2) is 9.40. The molecule has 24 heavy (non-hydrogen) atoms. The first-order valence-electron chi connectivity index (χ1n) is 7.83. The zero-order chi connectivity index (χ0) is 16.8. The lowest BCUT2D eigenvalue weighted by atomic mass is 9.96. The van der Waals surface area contributed by atoms with E-state index in [2.05, 4.69) is 5.32 Å². The Bertz CT molecular complexity index is 649. The summed E-state index contributed by atoms with van der Waals surface area (Å²) in [4.78, 5) is 12.4. The number of nitrogens with one attached hydrogen (secondary N) is 1. The molecule has 0 fully saturated rings. The lowest BCUT2D eigenvalue weighted by molar-refractivity contribution is -0.125. The summed E-state index contributed by atoms with van der Waals surface area (Å²) in [7, 11) is 0. The fourth-order valence-electron chi connectivity index (χ4n) is 2.39. The van der Waals surface area contributed by atoms with Crippen LogP contribution in [0.3, 0.4) is 0 Å². The standard InChI is InChI=1S/C19H23FN2O.ClH/c1-13(14(2)21)19(23)22-18(12-15-8-4-3-5-9-15)16-10-6-7-11-17(16)20;/h3-11,13-14,18H,12,21H2,1-2H3,(H,22,23);1H. The Balaban J connectivity index is 0.00000288. The van der Waals surface area contributed by atoms with Gasteiger partial charge in [-0.3, -0.25) is 4.79 Å². The van der Waals surface area contributed by atoms with Crippen molar-refractivity contribution >= 4 is 18.3 Å². The average Bonchev–Trinajstić information content (AvgIpc) is 2.54. The Hall–Kier alpha value is -1.91. The topological polar surface area (TPSA) is 55.1 Å².